The van der Waals surface area contributed by atoms with E-state index in [1.54, 1.807) is 7.11 Å². The summed E-state index contributed by atoms with van der Waals surface area (Å²) in [5.74, 6) is 0.801. The fraction of sp³-hybridized carbons (Fsp3) is 0.316. The molecule has 2 rings (SSSR count). The van der Waals surface area contributed by atoms with Gasteiger partial charge in [0.15, 0.2) is 0 Å². The number of nitrogens with zero attached hydrogens (tertiary/aromatic N) is 1. The molecular weight excluding hydrogens is 288 g/mol. The quantitative estimate of drug-likeness (QED) is 0.855. The number of carbonyl (C=O) groups excluding carboxylic acids is 1. The van der Waals surface area contributed by atoms with Crippen LogP contribution in [0, 0.1) is 0 Å². The average Bonchev–Trinajstić information content (AvgIpc) is 2.60. The number of ether oxygens (including phenoxy) is 1. The number of methoxy groups -OCH3 is 1. The minimum atomic E-state index is -0.0451. The van der Waals surface area contributed by atoms with Gasteiger partial charge in [-0.3, -0.25) is 4.79 Å². The molecule has 0 saturated carbocycles. The Balaban J connectivity index is 2.16. The van der Waals surface area contributed by atoms with Crippen LogP contribution in [0.25, 0.3) is 0 Å². The molecule has 2 aromatic rings. The van der Waals surface area contributed by atoms with E-state index in [2.05, 4.69) is 0 Å². The van der Waals surface area contributed by atoms with Crippen molar-refractivity contribution in [2.75, 3.05) is 13.7 Å². The summed E-state index contributed by atoms with van der Waals surface area (Å²) in [6.45, 7) is 2.62. The number of nitrogens with two attached hydrogens (primary N) is 1. The van der Waals surface area contributed by atoms with Crippen LogP contribution in [0.5, 0.6) is 5.75 Å². The summed E-state index contributed by atoms with van der Waals surface area (Å²) < 4.78 is 5.40. The van der Waals surface area contributed by atoms with E-state index in [1.807, 2.05) is 66.4 Å². The van der Waals surface area contributed by atoms with E-state index in [1.165, 1.54) is 0 Å². The van der Waals surface area contributed by atoms with Crippen molar-refractivity contribution >= 4 is 5.91 Å². The van der Waals surface area contributed by atoms with Crippen LogP contribution in [0.15, 0.2) is 54.6 Å². The molecule has 0 heterocycles. The van der Waals surface area contributed by atoms with Crippen LogP contribution in [0.2, 0.25) is 0 Å². The second kappa shape index (κ2) is 8.34. The monoisotopic (exact) mass is 312 g/mol. The lowest BCUT2D eigenvalue weighted by Crippen LogP contribution is -2.42. The lowest BCUT2D eigenvalue weighted by atomic mass is 10.0. The highest BCUT2D eigenvalue weighted by Crippen LogP contribution is 2.21. The zero-order valence-electron chi connectivity index (χ0n) is 13.7. The Labute approximate surface area is 137 Å². The van der Waals surface area contributed by atoms with E-state index < -0.39 is 0 Å². The van der Waals surface area contributed by atoms with E-state index in [-0.39, 0.29) is 18.5 Å². The van der Waals surface area contributed by atoms with Gasteiger partial charge in [-0.15, -0.1) is 0 Å². The van der Waals surface area contributed by atoms with Crippen LogP contribution < -0.4 is 10.5 Å². The maximum absolute atomic E-state index is 12.3. The zero-order valence-corrected chi connectivity index (χ0v) is 13.7. The summed E-state index contributed by atoms with van der Waals surface area (Å²) in [6.07, 6.45) is 0.725. The number of hydrogen-bond donors (Lipinski definition) is 1. The van der Waals surface area contributed by atoms with E-state index in [4.69, 9.17) is 10.5 Å². The van der Waals surface area contributed by atoms with Gasteiger partial charge in [-0.2, -0.15) is 0 Å². The SMILES string of the molecule is COc1ccccc1CC(C)N(Cc1ccccc1)C(=O)CN. The minimum absolute atomic E-state index is 0.0170. The Kier molecular flexibility index (Phi) is 6.18. The van der Waals surface area contributed by atoms with Gasteiger partial charge in [0.1, 0.15) is 5.75 Å². The first-order chi connectivity index (χ1) is 11.2. The maximum Gasteiger partial charge on any atom is 0.236 e. The normalized spacial score (nSPS) is 11.8. The largest absolute Gasteiger partial charge is 0.496 e. The van der Waals surface area contributed by atoms with E-state index >= 15 is 0 Å². The molecule has 1 amide bonds. The lowest BCUT2D eigenvalue weighted by Gasteiger charge is -2.29. The third-order valence-electron chi connectivity index (χ3n) is 3.93. The molecule has 1 unspecified atom stereocenters. The Morgan fingerprint density at radius 2 is 1.78 bits per heavy atom. The van der Waals surface area contributed by atoms with Gasteiger partial charge in [0.2, 0.25) is 5.91 Å². The second-order valence-corrected chi connectivity index (χ2v) is 5.58. The Morgan fingerprint density at radius 1 is 1.13 bits per heavy atom. The van der Waals surface area contributed by atoms with Gasteiger partial charge >= 0.3 is 0 Å². The molecule has 1 atom stereocenters. The van der Waals surface area contributed by atoms with Crippen LogP contribution in [0.1, 0.15) is 18.1 Å². The average molecular weight is 312 g/mol. The molecule has 2 aromatic carbocycles. The van der Waals surface area contributed by atoms with Gasteiger partial charge in [0.05, 0.1) is 13.7 Å². The van der Waals surface area contributed by atoms with Gasteiger partial charge in [-0.1, -0.05) is 48.5 Å². The second-order valence-electron chi connectivity index (χ2n) is 5.58. The molecule has 0 fully saturated rings. The van der Waals surface area contributed by atoms with E-state index in [0.29, 0.717) is 6.54 Å². The summed E-state index contributed by atoms with van der Waals surface area (Å²) in [5, 5.41) is 0. The molecule has 0 spiro atoms. The van der Waals surface area contributed by atoms with Crippen LogP contribution in [-0.4, -0.2) is 30.5 Å². The third kappa shape index (κ3) is 4.57. The smallest absolute Gasteiger partial charge is 0.236 e. The van der Waals surface area contributed by atoms with Gasteiger partial charge < -0.3 is 15.4 Å². The fourth-order valence-electron chi connectivity index (χ4n) is 2.69. The molecule has 0 aliphatic carbocycles. The highest BCUT2D eigenvalue weighted by molar-refractivity contribution is 5.78. The molecule has 0 aliphatic rings. The maximum atomic E-state index is 12.3. The highest BCUT2D eigenvalue weighted by Gasteiger charge is 2.20. The molecule has 4 heteroatoms. The molecule has 0 aromatic heterocycles. The van der Waals surface area contributed by atoms with Crippen molar-refractivity contribution in [3.05, 3.63) is 65.7 Å². The first-order valence-electron chi connectivity index (χ1n) is 7.81. The van der Waals surface area contributed by atoms with Crippen molar-refractivity contribution in [1.29, 1.82) is 0 Å². The predicted molar refractivity (Wildman–Crippen MR) is 92.2 cm³/mol. The molecule has 0 radical (unpaired) electrons. The minimum Gasteiger partial charge on any atom is -0.496 e. The molecule has 122 valence electrons. The Bertz CT molecular complexity index is 628. The number of hydrogen-bond acceptors (Lipinski definition) is 3. The van der Waals surface area contributed by atoms with Crippen LogP contribution in [0.4, 0.5) is 0 Å². The fourth-order valence-corrected chi connectivity index (χ4v) is 2.69. The Hall–Kier alpha value is -2.33. The first-order valence-corrected chi connectivity index (χ1v) is 7.81. The molecule has 0 bridgehead atoms. The van der Waals surface area contributed by atoms with Crippen molar-refractivity contribution in [1.82, 2.24) is 4.90 Å². The molecule has 0 saturated heterocycles. The number of benzene rings is 2. The van der Waals surface area contributed by atoms with Crippen LogP contribution >= 0.6 is 0 Å². The topological polar surface area (TPSA) is 55.6 Å². The van der Waals surface area contributed by atoms with Crippen molar-refractivity contribution in [2.24, 2.45) is 5.73 Å². The Morgan fingerprint density at radius 3 is 2.43 bits per heavy atom. The summed E-state index contributed by atoms with van der Waals surface area (Å²) in [6, 6.07) is 17.9. The number of para-hydroxylation sites is 1. The van der Waals surface area contributed by atoms with Crippen LogP contribution in [-0.2, 0) is 17.8 Å². The van der Waals surface area contributed by atoms with Crippen molar-refractivity contribution in [2.45, 2.75) is 25.9 Å². The van der Waals surface area contributed by atoms with E-state index in [0.717, 1.165) is 23.3 Å². The molecule has 23 heavy (non-hydrogen) atoms. The number of rotatable bonds is 7. The summed E-state index contributed by atoms with van der Waals surface area (Å²) in [5.41, 5.74) is 7.78. The van der Waals surface area contributed by atoms with Crippen molar-refractivity contribution < 1.29 is 9.53 Å². The third-order valence-corrected chi connectivity index (χ3v) is 3.93. The van der Waals surface area contributed by atoms with Crippen molar-refractivity contribution in [3.8, 4) is 5.75 Å². The molecule has 0 aliphatic heterocycles. The van der Waals surface area contributed by atoms with Gasteiger partial charge in [-0.25, -0.2) is 0 Å². The first kappa shape index (κ1) is 17.0. The summed E-state index contributed by atoms with van der Waals surface area (Å²) in [7, 11) is 1.66. The van der Waals surface area contributed by atoms with Gasteiger partial charge in [-0.05, 0) is 30.5 Å². The molecular formula is C19H24N2O2. The number of carbonyl (C=O) groups is 1. The van der Waals surface area contributed by atoms with Gasteiger partial charge in [0.25, 0.3) is 0 Å². The molecule has 4 nitrogen and oxygen atoms in total. The lowest BCUT2D eigenvalue weighted by molar-refractivity contribution is -0.132. The highest BCUT2D eigenvalue weighted by atomic mass is 16.5. The predicted octanol–water partition coefficient (Wildman–Crippen LogP) is 2.61. The summed E-state index contributed by atoms with van der Waals surface area (Å²) in [4.78, 5) is 14.1. The van der Waals surface area contributed by atoms with Crippen LogP contribution in [0.3, 0.4) is 0 Å². The van der Waals surface area contributed by atoms with Crippen molar-refractivity contribution in [3.63, 3.8) is 0 Å². The number of amides is 1. The van der Waals surface area contributed by atoms with Gasteiger partial charge in [0, 0.05) is 12.6 Å². The summed E-state index contributed by atoms with van der Waals surface area (Å²) >= 11 is 0. The standard InChI is InChI=1S/C19H24N2O2/c1-15(12-17-10-6-7-11-18(17)23-2)21(19(22)13-20)14-16-8-4-3-5-9-16/h3-11,15H,12-14,20H2,1-2H3. The van der Waals surface area contributed by atoms with E-state index in [9.17, 15) is 4.79 Å². The zero-order chi connectivity index (χ0) is 16.7. The molecule has 2 N–H and O–H groups in total.